The molecular weight excluding hydrogens is 236 g/mol. The number of ether oxygens (including phenoxy) is 1. The molecule has 0 spiro atoms. The van der Waals surface area contributed by atoms with Crippen molar-refractivity contribution in [3.05, 3.63) is 35.9 Å². The molecule has 1 fully saturated rings. The van der Waals surface area contributed by atoms with Crippen LogP contribution < -0.4 is 0 Å². The summed E-state index contributed by atoms with van der Waals surface area (Å²) in [5, 5.41) is 0. The molecule has 2 atom stereocenters. The Bertz CT molecular complexity index is 422. The third-order valence-electron chi connectivity index (χ3n) is 3.89. The molecule has 2 heteroatoms. The zero-order valence-corrected chi connectivity index (χ0v) is 12.2. The molecule has 1 saturated carbocycles. The lowest BCUT2D eigenvalue weighted by Crippen LogP contribution is -2.33. The van der Waals surface area contributed by atoms with Gasteiger partial charge >= 0.3 is 0 Å². The van der Waals surface area contributed by atoms with Gasteiger partial charge in [-0.2, -0.15) is 0 Å². The van der Waals surface area contributed by atoms with E-state index >= 15 is 0 Å². The Hall–Kier alpha value is -1.15. The maximum Gasteiger partial charge on any atom is 0.188 e. The molecule has 104 valence electrons. The quantitative estimate of drug-likeness (QED) is 0.762. The van der Waals surface area contributed by atoms with Crippen LogP contribution in [0.25, 0.3) is 0 Å². The number of hydrogen-bond donors (Lipinski definition) is 0. The van der Waals surface area contributed by atoms with Crippen molar-refractivity contribution in [1.82, 2.24) is 0 Å². The lowest BCUT2D eigenvalue weighted by atomic mass is 9.71. The molecule has 19 heavy (non-hydrogen) atoms. The molecular formula is C17H24O2. The van der Waals surface area contributed by atoms with Gasteiger partial charge in [-0.15, -0.1) is 0 Å². The predicted molar refractivity (Wildman–Crippen MR) is 77.3 cm³/mol. The van der Waals surface area contributed by atoms with E-state index in [1.54, 1.807) is 0 Å². The minimum absolute atomic E-state index is 0.0802. The molecule has 1 aromatic rings. The van der Waals surface area contributed by atoms with Gasteiger partial charge in [-0.3, -0.25) is 4.79 Å². The van der Waals surface area contributed by atoms with Gasteiger partial charge in [0.2, 0.25) is 0 Å². The van der Waals surface area contributed by atoms with Crippen molar-refractivity contribution in [2.24, 2.45) is 11.3 Å². The standard InChI is InChI=1S/C17H24O2/c1-13-9-15(11-17(2,3)10-13)19-12-16(18)14-7-5-4-6-8-14/h4-8,13,15H,9-12H2,1-3H3. The summed E-state index contributed by atoms with van der Waals surface area (Å²) in [6.07, 6.45) is 3.61. The van der Waals surface area contributed by atoms with Gasteiger partial charge < -0.3 is 4.74 Å². The summed E-state index contributed by atoms with van der Waals surface area (Å²) >= 11 is 0. The highest BCUT2D eigenvalue weighted by Gasteiger charge is 2.32. The Labute approximate surface area is 116 Å². The second-order valence-corrected chi connectivity index (χ2v) is 6.64. The summed E-state index contributed by atoms with van der Waals surface area (Å²) < 4.78 is 5.86. The summed E-state index contributed by atoms with van der Waals surface area (Å²) in [4.78, 5) is 12.0. The van der Waals surface area contributed by atoms with Gasteiger partial charge in [0.25, 0.3) is 0 Å². The van der Waals surface area contributed by atoms with Crippen LogP contribution in [0.2, 0.25) is 0 Å². The Morgan fingerprint density at radius 3 is 2.58 bits per heavy atom. The topological polar surface area (TPSA) is 26.3 Å². The van der Waals surface area contributed by atoms with Crippen molar-refractivity contribution in [1.29, 1.82) is 0 Å². The van der Waals surface area contributed by atoms with Gasteiger partial charge in [-0.1, -0.05) is 51.1 Å². The molecule has 0 heterocycles. The fourth-order valence-electron chi connectivity index (χ4n) is 3.29. The van der Waals surface area contributed by atoms with Gasteiger partial charge in [0.1, 0.15) is 6.61 Å². The number of Topliss-reactive ketones (excluding diaryl/α,β-unsaturated/α-hetero) is 1. The molecule has 0 radical (unpaired) electrons. The fourth-order valence-corrected chi connectivity index (χ4v) is 3.29. The van der Waals surface area contributed by atoms with E-state index in [1.807, 2.05) is 30.3 Å². The summed E-state index contributed by atoms with van der Waals surface area (Å²) in [6.45, 7) is 7.06. The third-order valence-corrected chi connectivity index (χ3v) is 3.89. The normalized spacial score (nSPS) is 26.1. The molecule has 1 aliphatic rings. The van der Waals surface area contributed by atoms with Crippen molar-refractivity contribution in [2.45, 2.75) is 46.1 Å². The number of hydrogen-bond acceptors (Lipinski definition) is 2. The summed E-state index contributed by atoms with van der Waals surface area (Å²) in [5.74, 6) is 0.761. The Morgan fingerprint density at radius 2 is 1.95 bits per heavy atom. The number of rotatable bonds is 4. The highest BCUT2D eigenvalue weighted by molar-refractivity contribution is 5.97. The minimum atomic E-state index is 0.0802. The van der Waals surface area contributed by atoms with Crippen LogP contribution in [0.4, 0.5) is 0 Å². The van der Waals surface area contributed by atoms with Gasteiger partial charge in [0.15, 0.2) is 5.78 Å². The van der Waals surface area contributed by atoms with Crippen LogP contribution >= 0.6 is 0 Å². The number of benzene rings is 1. The van der Waals surface area contributed by atoms with E-state index in [2.05, 4.69) is 20.8 Å². The predicted octanol–water partition coefficient (Wildman–Crippen LogP) is 4.10. The molecule has 1 aromatic carbocycles. The van der Waals surface area contributed by atoms with Crippen molar-refractivity contribution in [2.75, 3.05) is 6.61 Å². The lowest BCUT2D eigenvalue weighted by molar-refractivity contribution is -0.0167. The molecule has 0 saturated heterocycles. The average molecular weight is 260 g/mol. The van der Waals surface area contributed by atoms with Crippen LogP contribution in [0, 0.1) is 11.3 Å². The number of ketones is 1. The molecule has 2 nitrogen and oxygen atoms in total. The SMILES string of the molecule is CC1CC(OCC(=O)c2ccccc2)CC(C)(C)C1. The third kappa shape index (κ3) is 4.17. The summed E-state index contributed by atoms with van der Waals surface area (Å²) in [6, 6.07) is 9.39. The molecule has 2 rings (SSSR count). The van der Waals surface area contributed by atoms with Crippen LogP contribution in [-0.4, -0.2) is 18.5 Å². The highest BCUT2D eigenvalue weighted by atomic mass is 16.5. The fraction of sp³-hybridized carbons (Fsp3) is 0.588. The zero-order chi connectivity index (χ0) is 13.9. The van der Waals surface area contributed by atoms with E-state index in [9.17, 15) is 4.79 Å². The molecule has 0 bridgehead atoms. The maximum atomic E-state index is 12.0. The monoisotopic (exact) mass is 260 g/mol. The zero-order valence-electron chi connectivity index (χ0n) is 12.2. The first-order valence-electron chi connectivity index (χ1n) is 7.16. The summed E-state index contributed by atoms with van der Waals surface area (Å²) in [5.41, 5.74) is 1.07. The van der Waals surface area contributed by atoms with E-state index in [4.69, 9.17) is 4.74 Å². The van der Waals surface area contributed by atoms with Crippen LogP contribution in [0.3, 0.4) is 0 Å². The first-order chi connectivity index (χ1) is 8.96. The maximum absolute atomic E-state index is 12.0. The van der Waals surface area contributed by atoms with Crippen molar-refractivity contribution < 1.29 is 9.53 Å². The largest absolute Gasteiger partial charge is 0.370 e. The van der Waals surface area contributed by atoms with Gasteiger partial charge in [0, 0.05) is 5.56 Å². The van der Waals surface area contributed by atoms with Crippen molar-refractivity contribution >= 4 is 5.78 Å². The lowest BCUT2D eigenvalue weighted by Gasteiger charge is -2.38. The van der Waals surface area contributed by atoms with Crippen molar-refractivity contribution in [3.63, 3.8) is 0 Å². The van der Waals surface area contributed by atoms with Crippen LogP contribution in [0.15, 0.2) is 30.3 Å². The van der Waals surface area contributed by atoms with E-state index in [0.717, 1.165) is 18.4 Å². The summed E-state index contributed by atoms with van der Waals surface area (Å²) in [7, 11) is 0. The Kier molecular flexibility index (Phi) is 4.41. The van der Waals surface area contributed by atoms with Gasteiger partial charge in [-0.05, 0) is 30.6 Å². The molecule has 0 N–H and O–H groups in total. The van der Waals surface area contributed by atoms with Gasteiger partial charge in [0.05, 0.1) is 6.10 Å². The second kappa shape index (κ2) is 5.87. The molecule has 0 amide bonds. The van der Waals surface area contributed by atoms with Crippen LogP contribution in [-0.2, 0) is 4.74 Å². The number of carbonyl (C=O) groups excluding carboxylic acids is 1. The van der Waals surface area contributed by atoms with E-state index in [0.29, 0.717) is 11.3 Å². The Balaban J connectivity index is 1.87. The molecule has 1 aliphatic carbocycles. The minimum Gasteiger partial charge on any atom is -0.370 e. The van der Waals surface area contributed by atoms with E-state index in [1.165, 1.54) is 6.42 Å². The first kappa shape index (κ1) is 14.3. The molecule has 0 aliphatic heterocycles. The Morgan fingerprint density at radius 1 is 1.26 bits per heavy atom. The first-order valence-corrected chi connectivity index (χ1v) is 7.16. The second-order valence-electron chi connectivity index (χ2n) is 6.64. The van der Waals surface area contributed by atoms with Crippen LogP contribution in [0.5, 0.6) is 0 Å². The molecule has 2 unspecified atom stereocenters. The number of carbonyl (C=O) groups is 1. The molecule has 0 aromatic heterocycles. The highest BCUT2D eigenvalue weighted by Crippen LogP contribution is 2.39. The van der Waals surface area contributed by atoms with Crippen molar-refractivity contribution in [3.8, 4) is 0 Å². The smallest absolute Gasteiger partial charge is 0.188 e. The van der Waals surface area contributed by atoms with E-state index < -0.39 is 0 Å². The van der Waals surface area contributed by atoms with Crippen LogP contribution in [0.1, 0.15) is 50.4 Å². The van der Waals surface area contributed by atoms with E-state index in [-0.39, 0.29) is 18.5 Å². The average Bonchev–Trinajstić information content (AvgIpc) is 2.34. The van der Waals surface area contributed by atoms with Gasteiger partial charge in [-0.25, -0.2) is 0 Å².